The van der Waals surface area contributed by atoms with Gasteiger partial charge in [0.2, 0.25) is 0 Å². The van der Waals surface area contributed by atoms with E-state index >= 15 is 0 Å². The molecule has 0 saturated heterocycles. The van der Waals surface area contributed by atoms with Gasteiger partial charge in [-0.2, -0.15) is 5.10 Å². The van der Waals surface area contributed by atoms with Gasteiger partial charge in [0, 0.05) is 30.9 Å². The molecular weight excluding hydrogens is 405 g/mol. The number of nitro benzene ring substituents is 1. The second-order valence-electron chi connectivity index (χ2n) is 5.33. The summed E-state index contributed by atoms with van der Waals surface area (Å²) in [6.45, 7) is 5.21. The lowest BCUT2D eigenvalue weighted by atomic mass is 10.3. The monoisotopic (exact) mass is 421 g/mol. The average molecular weight is 423 g/mol. The van der Waals surface area contributed by atoms with Gasteiger partial charge < -0.3 is 10.6 Å². The molecule has 0 saturated carbocycles. The fourth-order valence-corrected chi connectivity index (χ4v) is 2.85. The Morgan fingerprint density at radius 2 is 2.00 bits per heavy atom. The van der Waals surface area contributed by atoms with Crippen LogP contribution in [0.15, 0.2) is 24.4 Å². The van der Waals surface area contributed by atoms with Gasteiger partial charge in [0.25, 0.3) is 11.6 Å². The minimum Gasteiger partial charge on any atom is -0.349 e. The van der Waals surface area contributed by atoms with Crippen LogP contribution >= 0.6 is 35.6 Å². The highest BCUT2D eigenvalue weighted by Gasteiger charge is 2.18. The molecule has 2 rings (SSSR count). The zero-order valence-electron chi connectivity index (χ0n) is 14.0. The lowest BCUT2D eigenvalue weighted by Gasteiger charge is -2.12. The largest absolute Gasteiger partial charge is 0.349 e. The van der Waals surface area contributed by atoms with Gasteiger partial charge in [-0.1, -0.05) is 30.1 Å². The number of nitrogens with zero attached hydrogens (tertiary/aromatic N) is 3. The van der Waals surface area contributed by atoms with Gasteiger partial charge in [0.15, 0.2) is 5.69 Å². The van der Waals surface area contributed by atoms with Crippen LogP contribution in [-0.2, 0) is 0 Å². The SMILES string of the molecule is CCN[C@H](C)CNC(=O)c1ccn(-c2c(Cl)cc([N+](=O)[O-])cc2Cl)n1.Cl. The fourth-order valence-electron chi connectivity index (χ4n) is 2.20. The van der Waals surface area contributed by atoms with E-state index in [1.165, 1.54) is 29.1 Å². The van der Waals surface area contributed by atoms with E-state index in [0.717, 1.165) is 6.54 Å². The van der Waals surface area contributed by atoms with Crippen LogP contribution in [0.2, 0.25) is 10.0 Å². The summed E-state index contributed by atoms with van der Waals surface area (Å²) < 4.78 is 1.32. The Morgan fingerprint density at radius 3 is 2.54 bits per heavy atom. The molecule has 1 atom stereocenters. The Kier molecular flexibility index (Phi) is 8.29. The van der Waals surface area contributed by atoms with Crippen LogP contribution in [-0.4, -0.2) is 39.7 Å². The molecule has 0 aliphatic carbocycles. The number of nitro groups is 1. The lowest BCUT2D eigenvalue weighted by molar-refractivity contribution is -0.384. The maximum absolute atomic E-state index is 12.1. The molecule has 1 aromatic heterocycles. The summed E-state index contributed by atoms with van der Waals surface area (Å²) in [7, 11) is 0. The Hall–Kier alpha value is -1.87. The summed E-state index contributed by atoms with van der Waals surface area (Å²) in [5.74, 6) is -0.336. The molecule has 1 aromatic carbocycles. The molecule has 8 nitrogen and oxygen atoms in total. The van der Waals surface area contributed by atoms with E-state index in [2.05, 4.69) is 15.7 Å². The highest BCUT2D eigenvalue weighted by molar-refractivity contribution is 6.38. The van der Waals surface area contributed by atoms with Crippen molar-refractivity contribution in [1.82, 2.24) is 20.4 Å². The van der Waals surface area contributed by atoms with E-state index < -0.39 is 4.92 Å². The second-order valence-corrected chi connectivity index (χ2v) is 6.14. The first-order chi connectivity index (χ1) is 11.8. The molecule has 1 heterocycles. The van der Waals surface area contributed by atoms with Crippen LogP contribution < -0.4 is 10.6 Å². The molecule has 11 heteroatoms. The van der Waals surface area contributed by atoms with Gasteiger partial charge in [-0.05, 0) is 19.5 Å². The summed E-state index contributed by atoms with van der Waals surface area (Å²) in [5.41, 5.74) is 0.240. The van der Waals surface area contributed by atoms with Crippen molar-refractivity contribution in [2.75, 3.05) is 13.1 Å². The summed E-state index contributed by atoms with van der Waals surface area (Å²) in [6, 6.07) is 4.01. The zero-order chi connectivity index (χ0) is 18.6. The number of rotatable bonds is 7. The number of nitrogens with one attached hydrogen (secondary N) is 2. The Balaban J connectivity index is 0.00000338. The van der Waals surface area contributed by atoms with Crippen molar-refractivity contribution >= 4 is 47.2 Å². The molecule has 0 radical (unpaired) electrons. The van der Waals surface area contributed by atoms with Crippen molar-refractivity contribution in [3.63, 3.8) is 0 Å². The Morgan fingerprint density at radius 1 is 1.38 bits per heavy atom. The normalized spacial score (nSPS) is 11.5. The third-order valence-electron chi connectivity index (χ3n) is 3.38. The topological polar surface area (TPSA) is 102 Å². The van der Waals surface area contributed by atoms with Crippen LogP contribution in [0.25, 0.3) is 5.69 Å². The number of hydrogen-bond donors (Lipinski definition) is 2. The number of amides is 1. The van der Waals surface area contributed by atoms with Crippen LogP contribution in [0.4, 0.5) is 5.69 Å². The predicted octanol–water partition coefficient (Wildman–Crippen LogP) is 3.24. The predicted molar refractivity (Wildman–Crippen MR) is 103 cm³/mol. The van der Waals surface area contributed by atoms with Crippen LogP contribution in [0.1, 0.15) is 24.3 Å². The third-order valence-corrected chi connectivity index (χ3v) is 3.96. The maximum Gasteiger partial charge on any atom is 0.272 e. The minimum absolute atomic E-state index is 0. The van der Waals surface area contributed by atoms with Gasteiger partial charge in [-0.3, -0.25) is 14.9 Å². The average Bonchev–Trinajstić information content (AvgIpc) is 3.01. The second kappa shape index (κ2) is 9.72. The van der Waals surface area contributed by atoms with E-state index in [4.69, 9.17) is 23.2 Å². The standard InChI is InChI=1S/C15H17Cl2N5O3.ClH/c1-3-18-9(2)8-19-15(23)13-4-5-21(20-13)14-11(16)6-10(22(24)25)7-12(14)17;/h4-7,9,18H,3,8H2,1-2H3,(H,19,23);1H/t9-;/m1./s1. The van der Waals surface area contributed by atoms with Gasteiger partial charge in [0.1, 0.15) is 5.69 Å². The fraction of sp³-hybridized carbons (Fsp3) is 0.333. The van der Waals surface area contributed by atoms with Crippen molar-refractivity contribution in [1.29, 1.82) is 0 Å². The van der Waals surface area contributed by atoms with Crippen molar-refractivity contribution in [2.24, 2.45) is 0 Å². The quantitative estimate of drug-likeness (QED) is 0.527. The first-order valence-electron chi connectivity index (χ1n) is 7.54. The molecule has 2 N–H and O–H groups in total. The number of carbonyl (C=O) groups excluding carboxylic acids is 1. The van der Waals surface area contributed by atoms with Crippen LogP contribution in [0, 0.1) is 10.1 Å². The van der Waals surface area contributed by atoms with Crippen molar-refractivity contribution < 1.29 is 9.72 Å². The van der Waals surface area contributed by atoms with E-state index in [1.54, 1.807) is 0 Å². The molecular formula is C15H18Cl3N5O3. The number of halogens is 3. The van der Waals surface area contributed by atoms with Crippen molar-refractivity contribution in [2.45, 2.75) is 19.9 Å². The molecule has 0 fully saturated rings. The van der Waals surface area contributed by atoms with Gasteiger partial charge in [0.05, 0.1) is 15.0 Å². The molecule has 1 amide bonds. The van der Waals surface area contributed by atoms with Gasteiger partial charge in [-0.25, -0.2) is 4.68 Å². The molecule has 0 bridgehead atoms. The van der Waals surface area contributed by atoms with Crippen molar-refractivity contribution in [3.8, 4) is 5.69 Å². The number of carbonyl (C=O) groups is 1. The van der Waals surface area contributed by atoms with Crippen LogP contribution in [0.3, 0.4) is 0 Å². The third kappa shape index (κ3) is 5.31. The molecule has 0 unspecified atom stereocenters. The molecule has 0 aliphatic heterocycles. The highest BCUT2D eigenvalue weighted by atomic mass is 35.5. The highest BCUT2D eigenvalue weighted by Crippen LogP contribution is 2.32. The number of benzene rings is 1. The van der Waals surface area contributed by atoms with Crippen molar-refractivity contribution in [3.05, 3.63) is 50.2 Å². The summed E-state index contributed by atoms with van der Waals surface area (Å²) in [6.07, 6.45) is 1.52. The smallest absolute Gasteiger partial charge is 0.272 e. The summed E-state index contributed by atoms with van der Waals surface area (Å²) >= 11 is 12.2. The van der Waals surface area contributed by atoms with Crippen LogP contribution in [0.5, 0.6) is 0 Å². The van der Waals surface area contributed by atoms with E-state index in [9.17, 15) is 14.9 Å². The number of hydrogen-bond acceptors (Lipinski definition) is 5. The Labute approximate surface area is 166 Å². The number of likely N-dealkylation sites (N-methyl/N-ethyl adjacent to an activating group) is 1. The number of non-ortho nitro benzene ring substituents is 1. The zero-order valence-corrected chi connectivity index (χ0v) is 16.4. The number of aromatic nitrogens is 2. The molecule has 0 aliphatic rings. The molecule has 2 aromatic rings. The molecule has 26 heavy (non-hydrogen) atoms. The summed E-state index contributed by atoms with van der Waals surface area (Å²) in [5, 5.41) is 21.1. The first-order valence-corrected chi connectivity index (χ1v) is 8.30. The van der Waals surface area contributed by atoms with E-state index in [0.29, 0.717) is 6.54 Å². The van der Waals surface area contributed by atoms with Gasteiger partial charge >= 0.3 is 0 Å². The summed E-state index contributed by atoms with van der Waals surface area (Å²) in [4.78, 5) is 22.4. The molecule has 142 valence electrons. The molecule has 0 spiro atoms. The van der Waals surface area contributed by atoms with E-state index in [1.807, 2.05) is 13.8 Å². The first kappa shape index (κ1) is 22.2. The lowest BCUT2D eigenvalue weighted by Crippen LogP contribution is -2.38. The van der Waals surface area contributed by atoms with E-state index in [-0.39, 0.29) is 51.5 Å². The van der Waals surface area contributed by atoms with Gasteiger partial charge in [-0.15, -0.1) is 12.4 Å². The maximum atomic E-state index is 12.1. The Bertz CT molecular complexity index is 774. The minimum atomic E-state index is -0.588.